The summed E-state index contributed by atoms with van der Waals surface area (Å²) in [5, 5.41) is 3.52. The predicted molar refractivity (Wildman–Crippen MR) is 68.9 cm³/mol. The van der Waals surface area contributed by atoms with Crippen LogP contribution < -0.4 is 5.32 Å². The zero-order chi connectivity index (χ0) is 11.8. The number of carbonyl (C=O) groups excluding carboxylic acids is 1. The number of benzene rings is 1. The second kappa shape index (κ2) is 4.38. The molecule has 0 spiro atoms. The van der Waals surface area contributed by atoms with Gasteiger partial charge in [0, 0.05) is 10.0 Å². The van der Waals surface area contributed by atoms with Crippen molar-refractivity contribution in [1.29, 1.82) is 0 Å². The Hall–Kier alpha value is -0.540. The fourth-order valence-electron chi connectivity index (χ4n) is 1.85. The Morgan fingerprint density at radius 1 is 1.50 bits per heavy atom. The van der Waals surface area contributed by atoms with Crippen LogP contribution in [-0.2, 0) is 0 Å². The van der Waals surface area contributed by atoms with Crippen molar-refractivity contribution in [3.8, 4) is 0 Å². The molecule has 1 aromatic carbocycles. The Morgan fingerprint density at radius 2 is 2.19 bits per heavy atom. The van der Waals surface area contributed by atoms with Crippen LogP contribution in [0.25, 0.3) is 0 Å². The largest absolute Gasteiger partial charge is 0.347 e. The van der Waals surface area contributed by atoms with E-state index in [4.69, 9.17) is 11.6 Å². The van der Waals surface area contributed by atoms with E-state index in [0.717, 1.165) is 17.3 Å². The molecule has 1 aliphatic rings. The van der Waals surface area contributed by atoms with Crippen LogP contribution in [0.5, 0.6) is 0 Å². The average molecular weight is 303 g/mol. The van der Waals surface area contributed by atoms with Gasteiger partial charge < -0.3 is 5.32 Å². The van der Waals surface area contributed by atoms with Crippen molar-refractivity contribution in [1.82, 2.24) is 5.32 Å². The van der Waals surface area contributed by atoms with Crippen LogP contribution >= 0.6 is 27.5 Å². The molecule has 0 aliphatic heterocycles. The van der Waals surface area contributed by atoms with Gasteiger partial charge in [0.1, 0.15) is 0 Å². The number of halogens is 2. The zero-order valence-electron chi connectivity index (χ0n) is 9.02. The highest BCUT2D eigenvalue weighted by Gasteiger charge is 2.33. The molecule has 1 N–H and O–H groups in total. The highest BCUT2D eigenvalue weighted by Crippen LogP contribution is 2.32. The molecule has 1 fully saturated rings. The second-order valence-corrected chi connectivity index (χ2v) is 5.82. The van der Waals surface area contributed by atoms with E-state index in [1.807, 2.05) is 6.07 Å². The number of amides is 1. The lowest BCUT2D eigenvalue weighted by molar-refractivity contribution is 0.0850. The van der Waals surface area contributed by atoms with Crippen LogP contribution in [0.15, 0.2) is 22.7 Å². The SMILES string of the molecule is CC1(NC(=O)c2cc(Br)ccc2Cl)CCC1. The molecule has 1 aromatic rings. The Labute approximate surface area is 108 Å². The maximum Gasteiger partial charge on any atom is 0.253 e. The van der Waals surface area contributed by atoms with Gasteiger partial charge in [-0.25, -0.2) is 0 Å². The Morgan fingerprint density at radius 3 is 2.75 bits per heavy atom. The monoisotopic (exact) mass is 301 g/mol. The van der Waals surface area contributed by atoms with Gasteiger partial charge in [-0.1, -0.05) is 27.5 Å². The standard InChI is InChI=1S/C12H13BrClNO/c1-12(5-2-6-12)15-11(16)9-7-8(13)3-4-10(9)14/h3-4,7H,2,5-6H2,1H3,(H,15,16). The number of rotatable bonds is 2. The van der Waals surface area contributed by atoms with E-state index in [-0.39, 0.29) is 11.4 Å². The van der Waals surface area contributed by atoms with Gasteiger partial charge in [-0.2, -0.15) is 0 Å². The van der Waals surface area contributed by atoms with Gasteiger partial charge in [-0.3, -0.25) is 4.79 Å². The van der Waals surface area contributed by atoms with E-state index in [9.17, 15) is 4.79 Å². The molecule has 1 amide bonds. The molecule has 1 saturated carbocycles. The number of hydrogen-bond acceptors (Lipinski definition) is 1. The van der Waals surface area contributed by atoms with E-state index >= 15 is 0 Å². The lowest BCUT2D eigenvalue weighted by atomic mass is 9.78. The van der Waals surface area contributed by atoms with Gasteiger partial charge in [0.15, 0.2) is 0 Å². The smallest absolute Gasteiger partial charge is 0.253 e. The minimum atomic E-state index is -0.0894. The van der Waals surface area contributed by atoms with Gasteiger partial charge in [-0.15, -0.1) is 0 Å². The first-order chi connectivity index (χ1) is 7.50. The van der Waals surface area contributed by atoms with Crippen LogP contribution in [0.2, 0.25) is 5.02 Å². The van der Waals surface area contributed by atoms with Crippen molar-refractivity contribution in [2.24, 2.45) is 0 Å². The average Bonchev–Trinajstić information content (AvgIpc) is 2.19. The zero-order valence-corrected chi connectivity index (χ0v) is 11.4. The van der Waals surface area contributed by atoms with Crippen LogP contribution in [0, 0.1) is 0 Å². The predicted octanol–water partition coefficient (Wildman–Crippen LogP) is 3.77. The van der Waals surface area contributed by atoms with E-state index < -0.39 is 0 Å². The Bertz CT molecular complexity index is 429. The summed E-state index contributed by atoms with van der Waals surface area (Å²) in [6.45, 7) is 2.07. The van der Waals surface area contributed by atoms with Crippen molar-refractivity contribution in [3.05, 3.63) is 33.3 Å². The highest BCUT2D eigenvalue weighted by atomic mass is 79.9. The third-order valence-corrected chi connectivity index (χ3v) is 3.87. The van der Waals surface area contributed by atoms with Crippen molar-refractivity contribution in [3.63, 3.8) is 0 Å². The molecule has 0 unspecified atom stereocenters. The molecule has 0 heterocycles. The summed E-state index contributed by atoms with van der Waals surface area (Å²) in [4.78, 5) is 12.0. The van der Waals surface area contributed by atoms with Crippen LogP contribution in [-0.4, -0.2) is 11.4 Å². The molecule has 0 bridgehead atoms. The lowest BCUT2D eigenvalue weighted by Crippen LogP contribution is -2.50. The molecule has 4 heteroatoms. The molecule has 0 aromatic heterocycles. The number of hydrogen-bond donors (Lipinski definition) is 1. The van der Waals surface area contributed by atoms with E-state index in [2.05, 4.69) is 28.2 Å². The summed E-state index contributed by atoms with van der Waals surface area (Å²) in [7, 11) is 0. The lowest BCUT2D eigenvalue weighted by Gasteiger charge is -2.39. The highest BCUT2D eigenvalue weighted by molar-refractivity contribution is 9.10. The molecule has 0 atom stereocenters. The van der Waals surface area contributed by atoms with E-state index in [1.54, 1.807) is 12.1 Å². The molecule has 86 valence electrons. The molecular formula is C12H13BrClNO. The molecule has 0 radical (unpaired) electrons. The minimum Gasteiger partial charge on any atom is -0.347 e. The van der Waals surface area contributed by atoms with Crippen molar-refractivity contribution >= 4 is 33.4 Å². The van der Waals surface area contributed by atoms with E-state index in [0.29, 0.717) is 10.6 Å². The first-order valence-electron chi connectivity index (χ1n) is 5.28. The molecule has 1 aliphatic carbocycles. The first kappa shape index (κ1) is 11.9. The fraction of sp³-hybridized carbons (Fsp3) is 0.417. The third kappa shape index (κ3) is 2.41. The Balaban J connectivity index is 2.17. The molecule has 2 rings (SSSR count). The van der Waals surface area contributed by atoms with Gasteiger partial charge in [-0.05, 0) is 44.4 Å². The van der Waals surface area contributed by atoms with Crippen LogP contribution in [0.3, 0.4) is 0 Å². The second-order valence-electron chi connectivity index (χ2n) is 4.49. The van der Waals surface area contributed by atoms with Gasteiger partial charge in [0.25, 0.3) is 5.91 Å². The summed E-state index contributed by atoms with van der Waals surface area (Å²) in [6, 6.07) is 5.30. The first-order valence-corrected chi connectivity index (χ1v) is 6.45. The maximum absolute atomic E-state index is 12.0. The fourth-order valence-corrected chi connectivity index (χ4v) is 2.41. The summed E-state index contributed by atoms with van der Waals surface area (Å²) in [5.74, 6) is -0.0894. The Kier molecular flexibility index (Phi) is 3.27. The van der Waals surface area contributed by atoms with Gasteiger partial charge >= 0.3 is 0 Å². The van der Waals surface area contributed by atoms with Gasteiger partial charge in [0.05, 0.1) is 10.6 Å². The topological polar surface area (TPSA) is 29.1 Å². The van der Waals surface area contributed by atoms with Crippen molar-refractivity contribution in [2.45, 2.75) is 31.7 Å². The number of carbonyl (C=O) groups is 1. The molecule has 2 nitrogen and oxygen atoms in total. The summed E-state index contributed by atoms with van der Waals surface area (Å²) >= 11 is 9.34. The summed E-state index contributed by atoms with van der Waals surface area (Å²) < 4.78 is 0.862. The van der Waals surface area contributed by atoms with Crippen molar-refractivity contribution in [2.75, 3.05) is 0 Å². The van der Waals surface area contributed by atoms with Gasteiger partial charge in [0.2, 0.25) is 0 Å². The quantitative estimate of drug-likeness (QED) is 0.885. The van der Waals surface area contributed by atoms with Crippen molar-refractivity contribution < 1.29 is 4.79 Å². The summed E-state index contributed by atoms with van der Waals surface area (Å²) in [6.07, 6.45) is 3.28. The van der Waals surface area contributed by atoms with Crippen LogP contribution in [0.4, 0.5) is 0 Å². The molecule has 16 heavy (non-hydrogen) atoms. The minimum absolute atomic E-state index is 0.0390. The summed E-state index contributed by atoms with van der Waals surface area (Å²) in [5.41, 5.74) is 0.493. The third-order valence-electron chi connectivity index (χ3n) is 3.05. The molecule has 0 saturated heterocycles. The van der Waals surface area contributed by atoms with Crippen LogP contribution in [0.1, 0.15) is 36.5 Å². The maximum atomic E-state index is 12.0. The van der Waals surface area contributed by atoms with E-state index in [1.165, 1.54) is 6.42 Å². The molecular weight excluding hydrogens is 289 g/mol. The number of nitrogens with one attached hydrogen (secondary N) is 1. The normalized spacial score (nSPS) is 17.7.